The Morgan fingerprint density at radius 2 is 0.412 bits per heavy atom. The van der Waals surface area contributed by atoms with E-state index in [0.29, 0.717) is 19.3 Å². The van der Waals surface area contributed by atoms with E-state index < -0.39 is 6.10 Å². The molecule has 0 rings (SSSR count). The van der Waals surface area contributed by atoms with Crippen molar-refractivity contribution in [2.45, 2.75) is 406 Å². The molecule has 80 heavy (non-hydrogen) atoms. The number of rotatable bonds is 67. The second-order valence-corrected chi connectivity index (χ2v) is 24.5. The van der Waals surface area contributed by atoms with E-state index in [1.807, 2.05) is 0 Å². The monoisotopic (exact) mass is 1120 g/mol. The number of allylic oxidation sites excluding steroid dienone is 6. The molecular formula is C74H138O6. The van der Waals surface area contributed by atoms with Crippen LogP contribution in [-0.4, -0.2) is 37.2 Å². The molecule has 0 bridgehead atoms. The molecule has 6 heteroatoms. The lowest BCUT2D eigenvalue weighted by Crippen LogP contribution is -2.30. The van der Waals surface area contributed by atoms with Crippen LogP contribution in [-0.2, 0) is 28.6 Å². The molecule has 0 saturated heterocycles. The number of hydrogen-bond donors (Lipinski definition) is 0. The fraction of sp³-hybridized carbons (Fsp3) is 0.878. The van der Waals surface area contributed by atoms with Gasteiger partial charge in [0, 0.05) is 19.3 Å². The first-order valence-electron chi connectivity index (χ1n) is 36.0. The molecule has 0 N–H and O–H groups in total. The first-order chi connectivity index (χ1) is 39.5. The molecule has 6 nitrogen and oxygen atoms in total. The molecule has 0 aromatic rings. The highest BCUT2D eigenvalue weighted by Gasteiger charge is 2.19. The van der Waals surface area contributed by atoms with Crippen molar-refractivity contribution in [1.82, 2.24) is 0 Å². The molecule has 0 spiro atoms. The standard InChI is InChI=1S/C74H138O6/c1-4-7-10-13-16-19-22-25-27-29-31-33-34-35-36-37-38-39-40-42-43-45-47-49-52-55-58-61-64-67-73(76)79-70-71(69-78-72(75)66-63-60-57-54-51-24-21-18-15-12-9-6-3)80-74(77)68-65-62-59-56-53-50-48-46-44-41-32-30-28-26-23-20-17-14-11-8-5-2/h18,21,29-32,71H,4-17,19-20,22-28,33-70H2,1-3H3/b21-18-,31-29-,32-30-. The zero-order valence-electron chi connectivity index (χ0n) is 54.1. The van der Waals surface area contributed by atoms with E-state index in [4.69, 9.17) is 14.2 Å². The Kier molecular flexibility index (Phi) is 67.1. The Morgan fingerprint density at radius 1 is 0.237 bits per heavy atom. The maximum Gasteiger partial charge on any atom is 0.306 e. The van der Waals surface area contributed by atoms with Gasteiger partial charge in [0.25, 0.3) is 0 Å². The molecule has 1 unspecified atom stereocenters. The second kappa shape index (κ2) is 69.1. The van der Waals surface area contributed by atoms with Crippen LogP contribution in [0.1, 0.15) is 400 Å². The highest BCUT2D eigenvalue weighted by Crippen LogP contribution is 2.18. The first kappa shape index (κ1) is 77.6. The third-order valence-electron chi connectivity index (χ3n) is 16.3. The van der Waals surface area contributed by atoms with Crippen LogP contribution in [0.3, 0.4) is 0 Å². The first-order valence-corrected chi connectivity index (χ1v) is 36.0. The van der Waals surface area contributed by atoms with Crippen molar-refractivity contribution < 1.29 is 28.6 Å². The average Bonchev–Trinajstić information content (AvgIpc) is 3.46. The summed E-state index contributed by atoms with van der Waals surface area (Å²) in [4.78, 5) is 38.4. The minimum Gasteiger partial charge on any atom is -0.462 e. The van der Waals surface area contributed by atoms with Gasteiger partial charge in [0.05, 0.1) is 0 Å². The van der Waals surface area contributed by atoms with E-state index in [2.05, 4.69) is 57.2 Å². The van der Waals surface area contributed by atoms with Crippen molar-refractivity contribution in [3.8, 4) is 0 Å². The van der Waals surface area contributed by atoms with Gasteiger partial charge < -0.3 is 14.2 Å². The van der Waals surface area contributed by atoms with Gasteiger partial charge in [0.15, 0.2) is 6.10 Å². The summed E-state index contributed by atoms with van der Waals surface area (Å²) in [6.07, 6.45) is 86.2. The van der Waals surface area contributed by atoms with E-state index in [9.17, 15) is 14.4 Å². The van der Waals surface area contributed by atoms with Crippen LogP contribution in [0.2, 0.25) is 0 Å². The molecule has 0 radical (unpaired) electrons. The van der Waals surface area contributed by atoms with Crippen molar-refractivity contribution in [3.05, 3.63) is 36.5 Å². The smallest absolute Gasteiger partial charge is 0.306 e. The molecule has 0 aromatic heterocycles. The van der Waals surface area contributed by atoms with Crippen LogP contribution in [0, 0.1) is 0 Å². The van der Waals surface area contributed by atoms with Crippen molar-refractivity contribution in [1.29, 1.82) is 0 Å². The summed E-state index contributed by atoms with van der Waals surface area (Å²) in [5, 5.41) is 0. The molecule has 0 fully saturated rings. The lowest BCUT2D eigenvalue weighted by atomic mass is 10.0. The van der Waals surface area contributed by atoms with Crippen molar-refractivity contribution in [2.24, 2.45) is 0 Å². The summed E-state index contributed by atoms with van der Waals surface area (Å²) < 4.78 is 17.0. The fourth-order valence-electron chi connectivity index (χ4n) is 10.9. The molecule has 0 aliphatic carbocycles. The van der Waals surface area contributed by atoms with Gasteiger partial charge in [0.2, 0.25) is 0 Å². The van der Waals surface area contributed by atoms with E-state index >= 15 is 0 Å². The fourth-order valence-corrected chi connectivity index (χ4v) is 10.9. The number of carbonyl (C=O) groups is 3. The second-order valence-electron chi connectivity index (χ2n) is 24.5. The summed E-state index contributed by atoms with van der Waals surface area (Å²) in [5.41, 5.74) is 0. The molecular weight excluding hydrogens is 985 g/mol. The Balaban J connectivity index is 4.17. The van der Waals surface area contributed by atoms with Crippen LogP contribution in [0.25, 0.3) is 0 Å². The highest BCUT2D eigenvalue weighted by atomic mass is 16.6. The number of unbranched alkanes of at least 4 members (excludes halogenated alkanes) is 50. The van der Waals surface area contributed by atoms with Crippen LogP contribution >= 0.6 is 0 Å². The van der Waals surface area contributed by atoms with E-state index in [0.717, 1.165) is 64.2 Å². The molecule has 0 amide bonds. The molecule has 0 saturated carbocycles. The maximum absolute atomic E-state index is 12.9. The summed E-state index contributed by atoms with van der Waals surface area (Å²) in [6, 6.07) is 0. The van der Waals surface area contributed by atoms with Gasteiger partial charge in [-0.25, -0.2) is 0 Å². The number of esters is 3. The largest absolute Gasteiger partial charge is 0.462 e. The van der Waals surface area contributed by atoms with Gasteiger partial charge in [0.1, 0.15) is 13.2 Å². The molecule has 470 valence electrons. The van der Waals surface area contributed by atoms with E-state index in [1.165, 1.54) is 295 Å². The third-order valence-corrected chi connectivity index (χ3v) is 16.3. The van der Waals surface area contributed by atoms with Gasteiger partial charge in [-0.3, -0.25) is 14.4 Å². The summed E-state index contributed by atoms with van der Waals surface area (Å²) in [6.45, 7) is 6.68. The summed E-state index contributed by atoms with van der Waals surface area (Å²) in [7, 11) is 0. The predicted octanol–water partition coefficient (Wildman–Crippen LogP) is 24.7. The minimum absolute atomic E-state index is 0.0712. The number of hydrogen-bond acceptors (Lipinski definition) is 6. The highest BCUT2D eigenvalue weighted by molar-refractivity contribution is 5.71. The molecule has 0 heterocycles. The Morgan fingerprint density at radius 3 is 0.650 bits per heavy atom. The molecule has 0 aliphatic heterocycles. The van der Waals surface area contributed by atoms with Gasteiger partial charge >= 0.3 is 17.9 Å². The minimum atomic E-state index is -0.775. The molecule has 0 aliphatic rings. The molecule has 1 atom stereocenters. The van der Waals surface area contributed by atoms with Crippen molar-refractivity contribution in [3.63, 3.8) is 0 Å². The van der Waals surface area contributed by atoms with Crippen LogP contribution in [0.4, 0.5) is 0 Å². The number of ether oxygens (including phenoxy) is 3. The average molecular weight is 1120 g/mol. The van der Waals surface area contributed by atoms with Crippen molar-refractivity contribution >= 4 is 17.9 Å². The van der Waals surface area contributed by atoms with Gasteiger partial charge in [-0.05, 0) is 96.3 Å². The lowest BCUT2D eigenvalue weighted by molar-refractivity contribution is -0.167. The topological polar surface area (TPSA) is 78.9 Å². The maximum atomic E-state index is 12.9. The Labute approximate surface area is 499 Å². The van der Waals surface area contributed by atoms with Gasteiger partial charge in [-0.2, -0.15) is 0 Å². The van der Waals surface area contributed by atoms with E-state index in [1.54, 1.807) is 0 Å². The van der Waals surface area contributed by atoms with Crippen molar-refractivity contribution in [2.75, 3.05) is 13.2 Å². The number of carbonyl (C=O) groups excluding carboxylic acids is 3. The van der Waals surface area contributed by atoms with Gasteiger partial charge in [-0.1, -0.05) is 320 Å². The van der Waals surface area contributed by atoms with Crippen LogP contribution in [0.15, 0.2) is 36.5 Å². The summed E-state index contributed by atoms with van der Waals surface area (Å²) >= 11 is 0. The Hall–Kier alpha value is -2.37. The Bertz CT molecular complexity index is 1340. The van der Waals surface area contributed by atoms with Crippen LogP contribution in [0.5, 0.6) is 0 Å². The summed E-state index contributed by atoms with van der Waals surface area (Å²) in [5.74, 6) is -0.856. The quantitative estimate of drug-likeness (QED) is 0.0261. The lowest BCUT2D eigenvalue weighted by Gasteiger charge is -2.18. The SMILES string of the molecule is CCCCC/C=C\CCCCCCCC(=O)OCC(COC(=O)CCCCCCCCCCCCCCCCCCC/C=C\CCCCCCCCCC)OC(=O)CCCCCCCCCCC/C=C\CCCCCCCCCC. The normalized spacial score (nSPS) is 12.2. The third kappa shape index (κ3) is 66.4. The zero-order valence-corrected chi connectivity index (χ0v) is 54.1. The van der Waals surface area contributed by atoms with Crippen LogP contribution < -0.4 is 0 Å². The van der Waals surface area contributed by atoms with Gasteiger partial charge in [-0.15, -0.1) is 0 Å². The predicted molar refractivity (Wildman–Crippen MR) is 349 cm³/mol. The molecule has 0 aromatic carbocycles. The zero-order chi connectivity index (χ0) is 57.8. The van der Waals surface area contributed by atoms with E-state index in [-0.39, 0.29) is 31.1 Å².